The molecule has 5 unspecified atom stereocenters. The van der Waals surface area contributed by atoms with E-state index >= 15 is 0 Å². The van der Waals surface area contributed by atoms with Gasteiger partial charge in [0, 0.05) is 13.0 Å². The van der Waals surface area contributed by atoms with Crippen LogP contribution >= 0.6 is 0 Å². The molecule has 1 heterocycles. The summed E-state index contributed by atoms with van der Waals surface area (Å²) in [5, 5.41) is 2.95. The zero-order valence-electron chi connectivity index (χ0n) is 21.5. The minimum Gasteiger partial charge on any atom is -0.340 e. The number of sulfonamides is 1. The van der Waals surface area contributed by atoms with Crippen molar-refractivity contribution in [2.75, 3.05) is 6.54 Å². The topological polar surface area (TPSA) is 113 Å². The molecular formula is C25H43N3O5S. The molecular weight excluding hydrogens is 454 g/mol. The first-order valence-corrected chi connectivity index (χ1v) is 14.6. The molecule has 0 radical (unpaired) electrons. The van der Waals surface area contributed by atoms with Gasteiger partial charge < -0.3 is 10.2 Å². The Morgan fingerprint density at radius 2 is 1.74 bits per heavy atom. The lowest BCUT2D eigenvalue weighted by Gasteiger charge is -2.28. The molecule has 0 aromatic carbocycles. The second-order valence-corrected chi connectivity index (χ2v) is 13.5. The second kappa shape index (κ2) is 10.2. The van der Waals surface area contributed by atoms with Crippen molar-refractivity contribution in [3.8, 4) is 0 Å². The maximum absolute atomic E-state index is 13.4. The Morgan fingerprint density at radius 1 is 1.09 bits per heavy atom. The van der Waals surface area contributed by atoms with E-state index in [1.807, 2.05) is 6.92 Å². The van der Waals surface area contributed by atoms with Crippen LogP contribution in [0.3, 0.4) is 0 Å². The van der Waals surface area contributed by atoms with Crippen LogP contribution in [0.5, 0.6) is 0 Å². The molecule has 8 nitrogen and oxygen atoms in total. The minimum atomic E-state index is -3.80. The van der Waals surface area contributed by atoms with Crippen molar-refractivity contribution in [1.29, 1.82) is 0 Å². The lowest BCUT2D eigenvalue weighted by atomic mass is 9.96. The summed E-state index contributed by atoms with van der Waals surface area (Å²) < 4.78 is 26.9. The zero-order chi connectivity index (χ0) is 25.3. The van der Waals surface area contributed by atoms with Crippen LogP contribution in [0.2, 0.25) is 0 Å². The van der Waals surface area contributed by atoms with E-state index in [0.717, 1.165) is 32.1 Å². The number of rotatable bonds is 12. The van der Waals surface area contributed by atoms with Gasteiger partial charge in [-0.25, -0.2) is 8.42 Å². The molecule has 2 N–H and O–H groups in total. The molecule has 3 fully saturated rings. The summed E-state index contributed by atoms with van der Waals surface area (Å²) in [6.07, 6.45) is 7.00. The van der Waals surface area contributed by atoms with E-state index in [2.05, 4.69) is 30.8 Å². The van der Waals surface area contributed by atoms with Crippen LogP contribution in [0.15, 0.2) is 0 Å². The summed E-state index contributed by atoms with van der Waals surface area (Å²) >= 11 is 0. The predicted octanol–water partition coefficient (Wildman–Crippen LogP) is 3.11. The molecule has 0 bridgehead atoms. The van der Waals surface area contributed by atoms with E-state index in [9.17, 15) is 22.8 Å². The smallest absolute Gasteiger partial charge is 0.259 e. The summed E-state index contributed by atoms with van der Waals surface area (Å²) in [5.74, 6) is -0.677. The van der Waals surface area contributed by atoms with Crippen LogP contribution in [0.4, 0.5) is 0 Å². The van der Waals surface area contributed by atoms with Crippen molar-refractivity contribution in [3.63, 3.8) is 0 Å². The van der Waals surface area contributed by atoms with Crippen molar-refractivity contribution in [1.82, 2.24) is 14.9 Å². The lowest BCUT2D eigenvalue weighted by molar-refractivity contribution is -0.140. The molecule has 0 aromatic rings. The molecule has 34 heavy (non-hydrogen) atoms. The maximum Gasteiger partial charge on any atom is 0.259 e. The van der Waals surface area contributed by atoms with Crippen molar-refractivity contribution in [2.45, 2.75) is 115 Å². The van der Waals surface area contributed by atoms with E-state index in [1.54, 1.807) is 11.8 Å². The molecule has 9 heteroatoms. The Labute approximate surface area is 205 Å². The highest BCUT2D eigenvalue weighted by Gasteiger charge is 2.64. The third kappa shape index (κ3) is 5.44. The maximum atomic E-state index is 13.4. The van der Waals surface area contributed by atoms with Gasteiger partial charge in [0.15, 0.2) is 0 Å². The second-order valence-electron chi connectivity index (χ2n) is 11.3. The third-order valence-electron chi connectivity index (χ3n) is 8.21. The number of carbonyl (C=O) groups excluding carboxylic acids is 3. The fourth-order valence-corrected chi connectivity index (χ4v) is 6.84. The molecule has 1 aliphatic heterocycles. The van der Waals surface area contributed by atoms with E-state index < -0.39 is 32.3 Å². The molecule has 0 spiro atoms. The molecule has 1 saturated heterocycles. The van der Waals surface area contributed by atoms with Crippen molar-refractivity contribution < 1.29 is 22.8 Å². The first-order chi connectivity index (χ1) is 15.9. The third-order valence-corrected chi connectivity index (χ3v) is 10.4. The highest BCUT2D eigenvalue weighted by Crippen LogP contribution is 2.51. The van der Waals surface area contributed by atoms with Gasteiger partial charge in [-0.2, -0.15) is 0 Å². The highest BCUT2D eigenvalue weighted by atomic mass is 32.2. The van der Waals surface area contributed by atoms with Gasteiger partial charge in [0.2, 0.25) is 21.8 Å². The average Bonchev–Trinajstić information content (AvgIpc) is 3.62. The molecule has 3 aliphatic rings. The quantitative estimate of drug-likeness (QED) is 0.430. The predicted molar refractivity (Wildman–Crippen MR) is 131 cm³/mol. The summed E-state index contributed by atoms with van der Waals surface area (Å²) in [4.78, 5) is 41.3. The Bertz CT molecular complexity index is 900. The van der Waals surface area contributed by atoms with Gasteiger partial charge in [0.25, 0.3) is 5.91 Å². The number of hydrogen-bond acceptors (Lipinski definition) is 5. The van der Waals surface area contributed by atoms with Crippen molar-refractivity contribution >= 4 is 27.7 Å². The van der Waals surface area contributed by atoms with Gasteiger partial charge in [0.05, 0.1) is 4.75 Å². The summed E-state index contributed by atoms with van der Waals surface area (Å²) in [7, 11) is -3.80. The SMILES string of the molecule is CCCC(C)CC(=O)N1CCCC1C(=O)NC1(C(=O)NS(=O)(=O)C2(C)CC2)CC1C(C)CCC. The normalized spacial score (nSPS) is 29.3. The highest BCUT2D eigenvalue weighted by molar-refractivity contribution is 7.91. The largest absolute Gasteiger partial charge is 0.340 e. The van der Waals surface area contributed by atoms with Gasteiger partial charge in [0.1, 0.15) is 11.6 Å². The van der Waals surface area contributed by atoms with Crippen LogP contribution in [0, 0.1) is 17.8 Å². The number of nitrogens with zero attached hydrogens (tertiary/aromatic N) is 1. The number of likely N-dealkylation sites (tertiary alicyclic amines) is 1. The van der Waals surface area contributed by atoms with Crippen molar-refractivity contribution in [2.24, 2.45) is 17.8 Å². The van der Waals surface area contributed by atoms with Gasteiger partial charge in [-0.15, -0.1) is 0 Å². The van der Waals surface area contributed by atoms with Gasteiger partial charge in [-0.05, 0) is 56.8 Å². The average molecular weight is 498 g/mol. The van der Waals surface area contributed by atoms with E-state index in [1.165, 1.54) is 0 Å². The summed E-state index contributed by atoms with van der Waals surface area (Å²) in [6, 6.07) is -0.605. The molecule has 2 saturated carbocycles. The fourth-order valence-electron chi connectivity index (χ4n) is 5.53. The van der Waals surface area contributed by atoms with Crippen LogP contribution in [-0.2, 0) is 24.4 Å². The first-order valence-electron chi connectivity index (χ1n) is 13.1. The number of amides is 3. The van der Waals surface area contributed by atoms with Crippen molar-refractivity contribution in [3.05, 3.63) is 0 Å². The Balaban J connectivity index is 1.74. The van der Waals surface area contributed by atoms with Crippen LogP contribution in [0.1, 0.15) is 98.8 Å². The number of hydrogen-bond donors (Lipinski definition) is 2. The monoisotopic (exact) mass is 497 g/mol. The van der Waals surface area contributed by atoms with E-state index in [0.29, 0.717) is 38.6 Å². The van der Waals surface area contributed by atoms with Crippen LogP contribution in [-0.4, -0.2) is 53.9 Å². The molecule has 5 atom stereocenters. The first kappa shape index (κ1) is 27.0. The molecule has 2 aliphatic carbocycles. The van der Waals surface area contributed by atoms with Crippen LogP contribution < -0.4 is 10.0 Å². The molecule has 0 aromatic heterocycles. The number of nitrogens with one attached hydrogen (secondary N) is 2. The minimum absolute atomic E-state index is 0.0203. The standard InChI is InChI=1S/C25H43N3O5S/c1-6-9-17(3)15-21(29)28-14-8-11-20(28)22(30)26-25(16-19(25)18(4)10-7-2)23(31)27-34(32,33)24(5)12-13-24/h17-20H,6-16H2,1-5H3,(H,26,30)(H,27,31). The summed E-state index contributed by atoms with van der Waals surface area (Å²) in [5.41, 5.74) is -1.23. The Morgan fingerprint density at radius 3 is 2.32 bits per heavy atom. The van der Waals surface area contributed by atoms with E-state index in [4.69, 9.17) is 0 Å². The molecule has 194 valence electrons. The van der Waals surface area contributed by atoms with Gasteiger partial charge in [-0.3, -0.25) is 19.1 Å². The molecule has 3 amide bonds. The lowest BCUT2D eigenvalue weighted by Crippen LogP contribution is -2.57. The van der Waals surface area contributed by atoms with Crippen LogP contribution in [0.25, 0.3) is 0 Å². The Hall–Kier alpha value is -1.64. The zero-order valence-corrected chi connectivity index (χ0v) is 22.3. The number of carbonyl (C=O) groups is 3. The van der Waals surface area contributed by atoms with Gasteiger partial charge >= 0.3 is 0 Å². The molecule has 3 rings (SSSR count). The van der Waals surface area contributed by atoms with Gasteiger partial charge in [-0.1, -0.05) is 53.4 Å². The Kier molecular flexibility index (Phi) is 8.05. The summed E-state index contributed by atoms with van der Waals surface area (Å²) in [6.45, 7) is 10.4. The fraction of sp³-hybridized carbons (Fsp3) is 0.880. The van der Waals surface area contributed by atoms with E-state index in [-0.39, 0.29) is 29.6 Å².